The van der Waals surface area contributed by atoms with E-state index in [1.807, 2.05) is 12.4 Å². The second-order valence-corrected chi connectivity index (χ2v) is 16.0. The number of aromatic nitrogens is 3. The normalized spacial score (nSPS) is 11.5. The molecule has 3 nitrogen and oxygen atoms in total. The van der Waals surface area contributed by atoms with E-state index >= 15 is 0 Å². The highest BCUT2D eigenvalue weighted by molar-refractivity contribution is 6.15. The minimum absolute atomic E-state index is 0.677. The summed E-state index contributed by atoms with van der Waals surface area (Å²) in [7, 11) is 0. The second-order valence-electron chi connectivity index (χ2n) is 16.0. The van der Waals surface area contributed by atoms with Gasteiger partial charge in [-0.2, -0.15) is 0 Å². The average molecular weight is 788 g/mol. The van der Waals surface area contributed by atoms with Gasteiger partial charge in [-0.1, -0.05) is 188 Å². The van der Waals surface area contributed by atoms with E-state index < -0.39 is 0 Å². The van der Waals surface area contributed by atoms with E-state index in [0.717, 1.165) is 55.7 Å². The summed E-state index contributed by atoms with van der Waals surface area (Å²) < 4.78 is 0. The van der Waals surface area contributed by atoms with Gasteiger partial charge in [-0.15, -0.1) is 0 Å². The summed E-state index contributed by atoms with van der Waals surface area (Å²) >= 11 is 0. The van der Waals surface area contributed by atoms with Gasteiger partial charge in [0.15, 0.2) is 5.82 Å². The summed E-state index contributed by atoms with van der Waals surface area (Å²) in [6.45, 7) is 0. The zero-order chi connectivity index (χ0) is 41.0. The van der Waals surface area contributed by atoms with Gasteiger partial charge in [0.05, 0.1) is 11.4 Å². The van der Waals surface area contributed by atoms with Crippen LogP contribution in [0.4, 0.5) is 0 Å². The molecule has 0 aliphatic carbocycles. The Bertz CT molecular complexity index is 3680. The van der Waals surface area contributed by atoms with Crippen molar-refractivity contribution in [3.63, 3.8) is 0 Å². The third-order valence-electron chi connectivity index (χ3n) is 12.3. The van der Waals surface area contributed by atoms with Crippen molar-refractivity contribution in [3.8, 4) is 67.3 Å². The summed E-state index contributed by atoms with van der Waals surface area (Å²) in [6.07, 6.45) is 3.87. The van der Waals surface area contributed by atoms with Crippen LogP contribution < -0.4 is 0 Å². The molecule has 0 radical (unpaired) electrons. The number of hydrogen-bond donors (Lipinski definition) is 0. The Labute approximate surface area is 359 Å². The van der Waals surface area contributed by atoms with E-state index in [0.29, 0.717) is 5.82 Å². The van der Waals surface area contributed by atoms with Gasteiger partial charge in [0.2, 0.25) is 0 Å². The molecule has 0 amide bonds. The summed E-state index contributed by atoms with van der Waals surface area (Å²) in [6, 6.07) is 76.1. The van der Waals surface area contributed by atoms with Gasteiger partial charge in [0, 0.05) is 40.0 Å². The van der Waals surface area contributed by atoms with Crippen molar-refractivity contribution >= 4 is 53.9 Å². The second kappa shape index (κ2) is 14.8. The lowest BCUT2D eigenvalue weighted by molar-refractivity contribution is 1.18. The number of pyridine rings is 1. The quantitative estimate of drug-likeness (QED) is 0.158. The maximum atomic E-state index is 5.32. The van der Waals surface area contributed by atoms with E-state index in [1.54, 1.807) is 0 Å². The smallest absolute Gasteiger partial charge is 0.160 e. The van der Waals surface area contributed by atoms with Gasteiger partial charge in [0.25, 0.3) is 0 Å². The number of nitrogens with zero attached hydrogens (tertiary/aromatic N) is 3. The zero-order valence-corrected chi connectivity index (χ0v) is 33.7. The van der Waals surface area contributed by atoms with E-state index in [-0.39, 0.29) is 0 Å². The SMILES string of the molecule is c1cc(-c2cc(-c3ccc(-c4cncc5ccccc45)cc3)nc(-c3ccc(-c4cc5ccccc5c5ccccc45)cc3)n2)cc(-c2cc3ccccc3c3ccccc23)c1. The fourth-order valence-electron chi connectivity index (χ4n) is 9.27. The van der Waals surface area contributed by atoms with Crippen LogP contribution in [0.25, 0.3) is 121 Å². The lowest BCUT2D eigenvalue weighted by atomic mass is 9.92. The highest BCUT2D eigenvalue weighted by atomic mass is 14.9. The predicted molar refractivity (Wildman–Crippen MR) is 260 cm³/mol. The molecule has 3 heteroatoms. The number of rotatable bonds is 6. The molecule has 0 spiro atoms. The van der Waals surface area contributed by atoms with Crippen molar-refractivity contribution in [3.05, 3.63) is 225 Å². The Morgan fingerprint density at radius 2 is 0.694 bits per heavy atom. The molecular formula is C59H37N3. The van der Waals surface area contributed by atoms with Gasteiger partial charge >= 0.3 is 0 Å². The predicted octanol–water partition coefficient (Wildman–Crippen LogP) is 15.6. The van der Waals surface area contributed by atoms with E-state index in [9.17, 15) is 0 Å². The van der Waals surface area contributed by atoms with Crippen LogP contribution in [0.15, 0.2) is 225 Å². The molecule has 288 valence electrons. The van der Waals surface area contributed by atoms with Crippen LogP contribution in [0.2, 0.25) is 0 Å². The molecule has 0 aliphatic rings. The van der Waals surface area contributed by atoms with Crippen molar-refractivity contribution < 1.29 is 0 Å². The lowest BCUT2D eigenvalue weighted by Crippen LogP contribution is -1.96. The molecule has 10 aromatic carbocycles. The van der Waals surface area contributed by atoms with Crippen molar-refractivity contribution in [2.24, 2.45) is 0 Å². The Hall–Kier alpha value is -8.27. The third-order valence-corrected chi connectivity index (χ3v) is 12.3. The molecule has 0 unspecified atom stereocenters. The maximum absolute atomic E-state index is 5.32. The van der Waals surface area contributed by atoms with Crippen LogP contribution >= 0.6 is 0 Å². The van der Waals surface area contributed by atoms with Gasteiger partial charge in [-0.05, 0) is 101 Å². The molecule has 0 saturated carbocycles. The number of benzene rings is 10. The third kappa shape index (κ3) is 6.18. The molecule has 0 fully saturated rings. The van der Waals surface area contributed by atoms with Crippen LogP contribution in [-0.2, 0) is 0 Å². The summed E-state index contributed by atoms with van der Waals surface area (Å²) in [5.41, 5.74) is 11.7. The Morgan fingerprint density at radius 3 is 1.32 bits per heavy atom. The molecule has 2 aromatic heterocycles. The Morgan fingerprint density at radius 1 is 0.242 bits per heavy atom. The fourth-order valence-corrected chi connectivity index (χ4v) is 9.27. The van der Waals surface area contributed by atoms with Crippen LogP contribution in [0.1, 0.15) is 0 Å². The van der Waals surface area contributed by atoms with Gasteiger partial charge < -0.3 is 0 Å². The van der Waals surface area contributed by atoms with Gasteiger partial charge in [-0.3, -0.25) is 4.98 Å². The molecule has 0 saturated heterocycles. The zero-order valence-electron chi connectivity index (χ0n) is 33.7. The van der Waals surface area contributed by atoms with Crippen molar-refractivity contribution in [1.29, 1.82) is 0 Å². The van der Waals surface area contributed by atoms with Crippen LogP contribution in [-0.4, -0.2) is 15.0 Å². The van der Waals surface area contributed by atoms with Gasteiger partial charge in [0.1, 0.15) is 0 Å². The number of hydrogen-bond acceptors (Lipinski definition) is 3. The summed E-state index contributed by atoms with van der Waals surface area (Å²) in [4.78, 5) is 15.2. The first kappa shape index (κ1) is 35.7. The van der Waals surface area contributed by atoms with E-state index in [1.165, 1.54) is 59.6 Å². The molecule has 12 aromatic rings. The molecule has 12 rings (SSSR count). The molecular weight excluding hydrogens is 751 g/mol. The minimum atomic E-state index is 0.677. The first-order valence-corrected chi connectivity index (χ1v) is 21.1. The summed E-state index contributed by atoms with van der Waals surface area (Å²) in [5, 5.41) is 12.3. The van der Waals surface area contributed by atoms with Crippen LogP contribution in [0.3, 0.4) is 0 Å². The molecule has 0 N–H and O–H groups in total. The highest BCUT2D eigenvalue weighted by Gasteiger charge is 2.15. The van der Waals surface area contributed by atoms with Crippen molar-refractivity contribution in [2.45, 2.75) is 0 Å². The van der Waals surface area contributed by atoms with E-state index in [2.05, 4.69) is 217 Å². The Balaban J connectivity index is 0.990. The highest BCUT2D eigenvalue weighted by Crippen LogP contribution is 2.39. The van der Waals surface area contributed by atoms with Crippen molar-refractivity contribution in [1.82, 2.24) is 15.0 Å². The average Bonchev–Trinajstić information content (AvgIpc) is 3.35. The first-order valence-electron chi connectivity index (χ1n) is 21.1. The number of fused-ring (bicyclic) bond motifs is 7. The Kier molecular flexibility index (Phi) is 8.50. The van der Waals surface area contributed by atoms with E-state index in [4.69, 9.17) is 9.97 Å². The van der Waals surface area contributed by atoms with Crippen molar-refractivity contribution in [2.75, 3.05) is 0 Å². The largest absolute Gasteiger partial charge is 0.263 e. The van der Waals surface area contributed by atoms with Crippen LogP contribution in [0.5, 0.6) is 0 Å². The lowest BCUT2D eigenvalue weighted by Gasteiger charge is -2.14. The topological polar surface area (TPSA) is 38.7 Å². The molecule has 2 heterocycles. The summed E-state index contributed by atoms with van der Waals surface area (Å²) in [5.74, 6) is 0.677. The molecule has 0 bridgehead atoms. The van der Waals surface area contributed by atoms with Crippen LogP contribution in [0, 0.1) is 0 Å². The molecule has 0 aliphatic heterocycles. The molecule has 0 atom stereocenters. The maximum Gasteiger partial charge on any atom is 0.160 e. The first-order chi connectivity index (χ1) is 30.7. The molecule has 62 heavy (non-hydrogen) atoms. The monoisotopic (exact) mass is 787 g/mol. The standard InChI is InChI=1S/C59H37N3/c1-4-17-47-43(12-1)33-54(52-22-9-7-20-50(47)52)38-26-30-41(31-27-38)59-61-57(40-28-24-39(25-29-40)56-37-60-36-46-14-3-6-19-49(46)56)35-58(62-59)45-16-11-15-42(32-45)55-34-44-13-2-5-18-48(44)51-21-8-10-23-53(51)55/h1-37H. The minimum Gasteiger partial charge on any atom is -0.263 e. The fraction of sp³-hybridized carbons (Fsp3) is 0. The van der Waals surface area contributed by atoms with Gasteiger partial charge in [-0.25, -0.2) is 9.97 Å².